The molecule has 1 saturated heterocycles. The zero-order valence-electron chi connectivity index (χ0n) is 13.5. The molecule has 1 atom stereocenters. The lowest BCUT2D eigenvalue weighted by molar-refractivity contribution is -0.128. The van der Waals surface area contributed by atoms with Crippen molar-refractivity contribution in [3.05, 3.63) is 64.9 Å². The van der Waals surface area contributed by atoms with E-state index in [1.807, 2.05) is 30.3 Å². The summed E-state index contributed by atoms with van der Waals surface area (Å²) < 4.78 is 13.2. The van der Waals surface area contributed by atoms with Gasteiger partial charge in [-0.1, -0.05) is 41.9 Å². The molecule has 1 heterocycles. The molecule has 130 valence electrons. The highest BCUT2D eigenvalue weighted by Crippen LogP contribution is 2.23. The normalized spacial score (nSPS) is 17.0. The van der Waals surface area contributed by atoms with E-state index in [9.17, 15) is 14.0 Å². The van der Waals surface area contributed by atoms with E-state index >= 15 is 0 Å². The molecular formula is C19H18ClFN2O2. The number of likely N-dealkylation sites (tertiary alicyclic amines) is 1. The first-order chi connectivity index (χ1) is 12.0. The van der Waals surface area contributed by atoms with E-state index < -0.39 is 11.7 Å². The van der Waals surface area contributed by atoms with Gasteiger partial charge in [-0.2, -0.15) is 0 Å². The van der Waals surface area contributed by atoms with Gasteiger partial charge in [-0.3, -0.25) is 9.59 Å². The Morgan fingerprint density at radius 2 is 2.00 bits per heavy atom. The van der Waals surface area contributed by atoms with Crippen LogP contribution in [-0.4, -0.2) is 29.8 Å². The predicted molar refractivity (Wildman–Crippen MR) is 94.9 cm³/mol. The van der Waals surface area contributed by atoms with E-state index in [4.69, 9.17) is 11.6 Å². The van der Waals surface area contributed by atoms with Crippen LogP contribution in [0.1, 0.15) is 12.0 Å². The molecule has 1 fully saturated rings. The second-order valence-electron chi connectivity index (χ2n) is 6.09. The second-order valence-corrected chi connectivity index (χ2v) is 6.50. The van der Waals surface area contributed by atoms with Crippen molar-refractivity contribution in [2.24, 2.45) is 5.92 Å². The topological polar surface area (TPSA) is 49.4 Å². The van der Waals surface area contributed by atoms with Crippen molar-refractivity contribution in [2.45, 2.75) is 12.8 Å². The van der Waals surface area contributed by atoms with E-state index in [1.165, 1.54) is 18.2 Å². The summed E-state index contributed by atoms with van der Waals surface area (Å²) in [6.45, 7) is 0.988. The molecule has 0 saturated carbocycles. The van der Waals surface area contributed by atoms with Crippen LogP contribution in [0.5, 0.6) is 0 Å². The van der Waals surface area contributed by atoms with Gasteiger partial charge in [-0.25, -0.2) is 4.39 Å². The third kappa shape index (κ3) is 4.37. The number of halogens is 2. The van der Waals surface area contributed by atoms with Gasteiger partial charge in [0.1, 0.15) is 5.82 Å². The van der Waals surface area contributed by atoms with Crippen LogP contribution < -0.4 is 5.32 Å². The van der Waals surface area contributed by atoms with Crippen LogP contribution in [0.2, 0.25) is 5.02 Å². The summed E-state index contributed by atoms with van der Waals surface area (Å²) in [5.74, 6) is -1.22. The fraction of sp³-hybridized carbons (Fsp3) is 0.263. The van der Waals surface area contributed by atoms with E-state index in [0.29, 0.717) is 18.8 Å². The molecule has 1 unspecified atom stereocenters. The molecule has 25 heavy (non-hydrogen) atoms. The number of hydrogen-bond acceptors (Lipinski definition) is 2. The lowest BCUT2D eigenvalue weighted by atomic mass is 10.1. The first-order valence-corrected chi connectivity index (χ1v) is 8.48. The van der Waals surface area contributed by atoms with Gasteiger partial charge in [0.2, 0.25) is 11.8 Å². The average Bonchev–Trinajstić information content (AvgIpc) is 2.98. The van der Waals surface area contributed by atoms with E-state index in [2.05, 4.69) is 5.32 Å². The summed E-state index contributed by atoms with van der Waals surface area (Å²) in [7, 11) is 0. The Balaban J connectivity index is 1.56. The molecular weight excluding hydrogens is 343 g/mol. The summed E-state index contributed by atoms with van der Waals surface area (Å²) in [6.07, 6.45) is 0.948. The molecule has 3 rings (SSSR count). The fourth-order valence-corrected chi connectivity index (χ4v) is 3.07. The quantitative estimate of drug-likeness (QED) is 0.887. The van der Waals surface area contributed by atoms with Crippen molar-refractivity contribution in [1.29, 1.82) is 0 Å². The van der Waals surface area contributed by atoms with Crippen LogP contribution in [0.4, 0.5) is 10.1 Å². The largest absolute Gasteiger partial charge is 0.342 e. The number of benzene rings is 2. The van der Waals surface area contributed by atoms with Gasteiger partial charge in [-0.15, -0.1) is 0 Å². The Morgan fingerprint density at radius 1 is 1.24 bits per heavy atom. The molecule has 0 bridgehead atoms. The van der Waals surface area contributed by atoms with Gasteiger partial charge < -0.3 is 10.2 Å². The zero-order chi connectivity index (χ0) is 17.8. The molecule has 2 amide bonds. The molecule has 0 aliphatic carbocycles. The summed E-state index contributed by atoms with van der Waals surface area (Å²) >= 11 is 5.71. The first kappa shape index (κ1) is 17.4. The molecule has 0 spiro atoms. The van der Waals surface area contributed by atoms with Crippen LogP contribution in [0, 0.1) is 11.7 Å². The van der Waals surface area contributed by atoms with Crippen molar-refractivity contribution in [3.63, 3.8) is 0 Å². The maximum atomic E-state index is 13.2. The van der Waals surface area contributed by atoms with Gasteiger partial charge in [-0.05, 0) is 30.2 Å². The number of carbonyl (C=O) groups is 2. The SMILES string of the molecule is O=C(Nc1ccc(F)c(Cl)c1)C1CC(=O)N(CCc2ccccc2)C1. The average molecular weight is 361 g/mol. The minimum atomic E-state index is -0.539. The minimum absolute atomic E-state index is 0.0202. The van der Waals surface area contributed by atoms with Gasteiger partial charge in [0.25, 0.3) is 0 Å². The molecule has 0 aromatic heterocycles. The Morgan fingerprint density at radius 3 is 2.72 bits per heavy atom. The number of nitrogens with zero attached hydrogens (tertiary/aromatic N) is 1. The highest BCUT2D eigenvalue weighted by Gasteiger charge is 2.34. The number of carbonyl (C=O) groups excluding carboxylic acids is 2. The Hall–Kier alpha value is -2.40. The van der Waals surface area contributed by atoms with Crippen LogP contribution in [0.3, 0.4) is 0 Å². The second kappa shape index (κ2) is 7.66. The maximum absolute atomic E-state index is 13.2. The number of anilines is 1. The lowest BCUT2D eigenvalue weighted by Gasteiger charge is -2.16. The molecule has 2 aromatic carbocycles. The van der Waals surface area contributed by atoms with Crippen LogP contribution in [-0.2, 0) is 16.0 Å². The van der Waals surface area contributed by atoms with Gasteiger partial charge in [0.15, 0.2) is 0 Å². The third-order valence-corrected chi connectivity index (χ3v) is 4.58. The Labute approximate surface area is 150 Å². The number of amides is 2. The Kier molecular flexibility index (Phi) is 5.34. The lowest BCUT2D eigenvalue weighted by Crippen LogP contribution is -2.30. The smallest absolute Gasteiger partial charge is 0.229 e. The van der Waals surface area contributed by atoms with Crippen molar-refractivity contribution in [2.75, 3.05) is 18.4 Å². The summed E-state index contributed by atoms with van der Waals surface area (Å²) in [6, 6.07) is 13.9. The number of rotatable bonds is 5. The fourth-order valence-electron chi connectivity index (χ4n) is 2.89. The summed E-state index contributed by atoms with van der Waals surface area (Å²) in [5.41, 5.74) is 1.58. The van der Waals surface area contributed by atoms with E-state index in [-0.39, 0.29) is 23.3 Å². The minimum Gasteiger partial charge on any atom is -0.342 e. The predicted octanol–water partition coefficient (Wildman–Crippen LogP) is 3.51. The number of nitrogens with one attached hydrogen (secondary N) is 1. The molecule has 1 aliphatic rings. The van der Waals surface area contributed by atoms with Crippen LogP contribution in [0.25, 0.3) is 0 Å². The Bertz CT molecular complexity index is 782. The molecule has 6 heteroatoms. The van der Waals surface area contributed by atoms with Crippen LogP contribution in [0.15, 0.2) is 48.5 Å². The molecule has 4 nitrogen and oxygen atoms in total. The first-order valence-electron chi connectivity index (χ1n) is 8.10. The third-order valence-electron chi connectivity index (χ3n) is 4.29. The van der Waals surface area contributed by atoms with E-state index in [0.717, 1.165) is 12.0 Å². The van der Waals surface area contributed by atoms with Crippen molar-refractivity contribution in [1.82, 2.24) is 4.90 Å². The highest BCUT2D eigenvalue weighted by atomic mass is 35.5. The van der Waals surface area contributed by atoms with Crippen molar-refractivity contribution in [3.8, 4) is 0 Å². The summed E-state index contributed by atoms with van der Waals surface area (Å²) in [5, 5.41) is 2.65. The highest BCUT2D eigenvalue weighted by molar-refractivity contribution is 6.31. The van der Waals surface area contributed by atoms with Gasteiger partial charge in [0, 0.05) is 25.2 Å². The van der Waals surface area contributed by atoms with Gasteiger partial charge in [0.05, 0.1) is 10.9 Å². The van der Waals surface area contributed by atoms with Crippen LogP contribution >= 0.6 is 11.6 Å². The van der Waals surface area contributed by atoms with E-state index in [1.54, 1.807) is 4.90 Å². The van der Waals surface area contributed by atoms with Crippen molar-refractivity contribution < 1.29 is 14.0 Å². The van der Waals surface area contributed by atoms with Gasteiger partial charge >= 0.3 is 0 Å². The molecule has 1 aliphatic heterocycles. The molecule has 0 radical (unpaired) electrons. The van der Waals surface area contributed by atoms with Crippen molar-refractivity contribution >= 4 is 29.1 Å². The maximum Gasteiger partial charge on any atom is 0.229 e. The zero-order valence-corrected chi connectivity index (χ0v) is 14.3. The summed E-state index contributed by atoms with van der Waals surface area (Å²) in [4.78, 5) is 26.2. The molecule has 2 aromatic rings. The standard InChI is InChI=1S/C19H18ClFN2O2/c20-16-11-15(6-7-17(16)21)22-19(25)14-10-18(24)23(12-14)9-8-13-4-2-1-3-5-13/h1-7,11,14H,8-10,12H2,(H,22,25). The number of hydrogen-bond donors (Lipinski definition) is 1. The monoisotopic (exact) mass is 360 g/mol. The molecule has 1 N–H and O–H groups in total.